The second kappa shape index (κ2) is 9.85. The Morgan fingerprint density at radius 3 is 2.15 bits per heavy atom. The van der Waals surface area contributed by atoms with Crippen molar-refractivity contribution in [3.05, 3.63) is 89.1 Å². The number of halogens is 3. The highest BCUT2D eigenvalue weighted by Crippen LogP contribution is 2.30. The fourth-order valence-electron chi connectivity index (χ4n) is 4.37. The average molecular weight is 469 g/mol. The van der Waals surface area contributed by atoms with Crippen LogP contribution in [0.25, 0.3) is 0 Å². The van der Waals surface area contributed by atoms with Crippen LogP contribution in [0.15, 0.2) is 66.9 Å². The van der Waals surface area contributed by atoms with Crippen molar-refractivity contribution in [1.29, 1.82) is 0 Å². The summed E-state index contributed by atoms with van der Waals surface area (Å²) in [6.45, 7) is 6.24. The summed E-state index contributed by atoms with van der Waals surface area (Å²) >= 11 is 0. The third-order valence-electron chi connectivity index (χ3n) is 5.93. The first-order valence-electron chi connectivity index (χ1n) is 11.2. The van der Waals surface area contributed by atoms with Crippen molar-refractivity contribution in [1.82, 2.24) is 9.88 Å². The molecule has 8 heteroatoms. The van der Waals surface area contributed by atoms with E-state index in [1.54, 1.807) is 0 Å². The number of hydrogen-bond acceptors (Lipinski definition) is 4. The SMILES string of the molecule is Cc1cc(C)cc(NC(=O)[C@H](c2ccccc2)N2CCN(c3ccc(C(F)(F)F)cn3)CC2)c1. The predicted molar refractivity (Wildman–Crippen MR) is 127 cm³/mol. The molecule has 5 nitrogen and oxygen atoms in total. The van der Waals surface area contributed by atoms with Gasteiger partial charge in [0.2, 0.25) is 5.91 Å². The predicted octanol–water partition coefficient (Wildman–Crippen LogP) is 5.22. The van der Waals surface area contributed by atoms with Crippen molar-refractivity contribution >= 4 is 17.4 Å². The Hall–Kier alpha value is -3.39. The highest BCUT2D eigenvalue weighted by Gasteiger charge is 2.33. The van der Waals surface area contributed by atoms with Crippen LogP contribution in [-0.2, 0) is 11.0 Å². The Bertz CT molecular complexity index is 1100. The number of amides is 1. The van der Waals surface area contributed by atoms with Crippen LogP contribution in [0.4, 0.5) is 24.7 Å². The fraction of sp³-hybridized carbons (Fsp3) is 0.308. The molecule has 0 aliphatic carbocycles. The Morgan fingerprint density at radius 2 is 1.59 bits per heavy atom. The molecule has 1 aromatic heterocycles. The van der Waals surface area contributed by atoms with Crippen molar-refractivity contribution < 1.29 is 18.0 Å². The number of nitrogens with zero attached hydrogens (tertiary/aromatic N) is 3. The summed E-state index contributed by atoms with van der Waals surface area (Å²) in [6.07, 6.45) is -3.54. The van der Waals surface area contributed by atoms with Gasteiger partial charge in [-0.25, -0.2) is 4.98 Å². The standard InChI is InChI=1S/C26H27F3N4O/c1-18-14-19(2)16-22(15-18)31-25(34)24(20-6-4-3-5-7-20)33-12-10-32(11-13-33)23-9-8-21(17-30-23)26(27,28)29/h3-9,14-17,24H,10-13H2,1-2H3,(H,31,34)/t24-/m0/s1. The van der Waals surface area contributed by atoms with E-state index in [0.29, 0.717) is 32.0 Å². The lowest BCUT2D eigenvalue weighted by molar-refractivity contribution is -0.137. The molecule has 178 valence electrons. The van der Waals surface area contributed by atoms with Crippen LogP contribution in [0.1, 0.15) is 28.3 Å². The number of carbonyl (C=O) groups excluding carboxylic acids is 1. The summed E-state index contributed by atoms with van der Waals surface area (Å²) in [7, 11) is 0. The largest absolute Gasteiger partial charge is 0.417 e. The smallest absolute Gasteiger partial charge is 0.354 e. The minimum Gasteiger partial charge on any atom is -0.354 e. The quantitative estimate of drug-likeness (QED) is 0.558. The minimum absolute atomic E-state index is 0.114. The molecule has 1 aliphatic heterocycles. The minimum atomic E-state index is -4.41. The second-order valence-corrected chi connectivity index (χ2v) is 8.60. The van der Waals surface area contributed by atoms with Crippen LogP contribution >= 0.6 is 0 Å². The summed E-state index contributed by atoms with van der Waals surface area (Å²) in [5.41, 5.74) is 3.04. The molecule has 0 spiro atoms. The maximum absolute atomic E-state index is 13.4. The number of piperazine rings is 1. The van der Waals surface area contributed by atoms with Gasteiger partial charge < -0.3 is 10.2 Å². The van der Waals surface area contributed by atoms with Gasteiger partial charge in [0.1, 0.15) is 11.9 Å². The molecule has 1 saturated heterocycles. The molecular formula is C26H27F3N4O. The van der Waals surface area contributed by atoms with Crippen LogP contribution in [0.5, 0.6) is 0 Å². The molecular weight excluding hydrogens is 441 g/mol. The van der Waals surface area contributed by atoms with Crippen molar-refractivity contribution in [2.45, 2.75) is 26.1 Å². The molecule has 0 radical (unpaired) electrons. The zero-order valence-corrected chi connectivity index (χ0v) is 19.1. The van der Waals surface area contributed by atoms with E-state index in [1.165, 1.54) is 6.07 Å². The summed E-state index contributed by atoms with van der Waals surface area (Å²) in [5, 5.41) is 3.07. The molecule has 3 aromatic rings. The van der Waals surface area contributed by atoms with Gasteiger partial charge in [-0.1, -0.05) is 36.4 Å². The molecule has 0 bridgehead atoms. The van der Waals surface area contributed by atoms with Crippen LogP contribution in [0, 0.1) is 13.8 Å². The Morgan fingerprint density at radius 1 is 0.941 bits per heavy atom. The van der Waals surface area contributed by atoms with E-state index >= 15 is 0 Å². The van der Waals surface area contributed by atoms with Crippen LogP contribution in [-0.4, -0.2) is 42.0 Å². The van der Waals surface area contributed by atoms with Gasteiger partial charge in [-0.2, -0.15) is 13.2 Å². The molecule has 2 aromatic carbocycles. The summed E-state index contributed by atoms with van der Waals surface area (Å²) in [4.78, 5) is 21.5. The van der Waals surface area contributed by atoms with Gasteiger partial charge in [-0.3, -0.25) is 9.69 Å². The zero-order valence-electron chi connectivity index (χ0n) is 19.1. The lowest BCUT2D eigenvalue weighted by atomic mass is 10.0. The Balaban J connectivity index is 1.49. The van der Waals surface area contributed by atoms with Crippen molar-refractivity contribution in [3.8, 4) is 0 Å². The van der Waals surface area contributed by atoms with E-state index in [1.807, 2.05) is 61.2 Å². The van der Waals surface area contributed by atoms with Gasteiger partial charge in [0.05, 0.1) is 5.56 Å². The molecule has 2 heterocycles. The molecule has 1 aliphatic rings. The number of aromatic nitrogens is 1. The van der Waals surface area contributed by atoms with Crippen LogP contribution in [0.2, 0.25) is 0 Å². The molecule has 1 N–H and O–H groups in total. The molecule has 1 amide bonds. The van der Waals surface area contributed by atoms with Crippen molar-refractivity contribution in [2.75, 3.05) is 36.4 Å². The fourth-order valence-corrected chi connectivity index (χ4v) is 4.37. The monoisotopic (exact) mass is 468 g/mol. The molecule has 4 rings (SSSR count). The van der Waals surface area contributed by atoms with E-state index in [9.17, 15) is 18.0 Å². The third kappa shape index (κ3) is 5.56. The van der Waals surface area contributed by atoms with Gasteiger partial charge >= 0.3 is 6.18 Å². The van der Waals surface area contributed by atoms with Crippen molar-refractivity contribution in [3.63, 3.8) is 0 Å². The lowest BCUT2D eigenvalue weighted by Gasteiger charge is -2.39. The molecule has 34 heavy (non-hydrogen) atoms. The second-order valence-electron chi connectivity index (χ2n) is 8.60. The molecule has 0 unspecified atom stereocenters. The van der Waals surface area contributed by atoms with Gasteiger partial charge in [-0.15, -0.1) is 0 Å². The van der Waals surface area contributed by atoms with Gasteiger partial charge in [0, 0.05) is 38.1 Å². The number of alkyl halides is 3. The number of hydrogen-bond donors (Lipinski definition) is 1. The first kappa shape index (κ1) is 23.8. The number of rotatable bonds is 5. The van der Waals surface area contributed by atoms with E-state index < -0.39 is 17.8 Å². The number of nitrogens with one attached hydrogen (secondary N) is 1. The van der Waals surface area contributed by atoms with E-state index in [0.717, 1.165) is 34.6 Å². The highest BCUT2D eigenvalue weighted by molar-refractivity contribution is 5.95. The molecule has 1 fully saturated rings. The van der Waals surface area contributed by atoms with E-state index in [2.05, 4.69) is 21.3 Å². The number of pyridine rings is 1. The maximum Gasteiger partial charge on any atom is 0.417 e. The summed E-state index contributed by atoms with van der Waals surface area (Å²) in [5.74, 6) is 0.390. The lowest BCUT2D eigenvalue weighted by Crippen LogP contribution is -2.50. The number of aryl methyl sites for hydroxylation is 2. The van der Waals surface area contributed by atoms with Crippen LogP contribution < -0.4 is 10.2 Å². The van der Waals surface area contributed by atoms with Gasteiger partial charge in [0.15, 0.2) is 0 Å². The van der Waals surface area contributed by atoms with E-state index in [4.69, 9.17) is 0 Å². The Kier molecular flexibility index (Phi) is 6.88. The van der Waals surface area contributed by atoms with E-state index in [-0.39, 0.29) is 5.91 Å². The highest BCUT2D eigenvalue weighted by atomic mass is 19.4. The first-order chi connectivity index (χ1) is 16.2. The topological polar surface area (TPSA) is 48.5 Å². The van der Waals surface area contributed by atoms with Crippen molar-refractivity contribution in [2.24, 2.45) is 0 Å². The number of anilines is 2. The normalized spacial score (nSPS) is 15.7. The summed E-state index contributed by atoms with van der Waals surface area (Å²) < 4.78 is 38.5. The third-order valence-corrected chi connectivity index (χ3v) is 5.93. The average Bonchev–Trinajstić information content (AvgIpc) is 2.79. The number of carbonyl (C=O) groups is 1. The Labute approximate surface area is 197 Å². The van der Waals surface area contributed by atoms with Crippen LogP contribution in [0.3, 0.4) is 0 Å². The van der Waals surface area contributed by atoms with Gasteiger partial charge in [0.25, 0.3) is 0 Å². The molecule has 1 atom stereocenters. The first-order valence-corrected chi connectivity index (χ1v) is 11.2. The molecule has 0 saturated carbocycles. The number of benzene rings is 2. The maximum atomic E-state index is 13.4. The zero-order chi connectivity index (χ0) is 24.3. The summed E-state index contributed by atoms with van der Waals surface area (Å²) in [6, 6.07) is 17.5. The van der Waals surface area contributed by atoms with Gasteiger partial charge in [-0.05, 0) is 54.8 Å².